The minimum Gasteiger partial charge on any atom is -0.444 e. The van der Waals surface area contributed by atoms with E-state index < -0.39 is 5.60 Å². The van der Waals surface area contributed by atoms with Crippen molar-refractivity contribution in [1.29, 1.82) is 5.26 Å². The molecule has 2 rings (SSSR count). The number of likely N-dealkylation sites (tertiary alicyclic amines) is 1. The number of carbonyl (C=O) groups excluding carboxylic acids is 1. The quantitative estimate of drug-likeness (QED) is 0.766. The Kier molecular flexibility index (Phi) is 5.38. The van der Waals surface area contributed by atoms with Crippen LogP contribution in [0.2, 0.25) is 0 Å². The minimum absolute atomic E-state index is 0.0771. The number of rotatable bonds is 2. The van der Waals surface area contributed by atoms with Gasteiger partial charge >= 0.3 is 6.09 Å². The van der Waals surface area contributed by atoms with Crippen LogP contribution >= 0.6 is 15.9 Å². The average molecular weight is 395 g/mol. The van der Waals surface area contributed by atoms with Gasteiger partial charge in [-0.1, -0.05) is 0 Å². The Morgan fingerprint density at radius 2 is 2.21 bits per heavy atom. The molecule has 0 saturated carbocycles. The molecule has 0 spiro atoms. The van der Waals surface area contributed by atoms with Crippen LogP contribution < -0.4 is 4.90 Å². The van der Waals surface area contributed by atoms with E-state index >= 15 is 0 Å². The Bertz CT molecular complexity index is 666. The number of pyridine rings is 1. The van der Waals surface area contributed by atoms with Crippen molar-refractivity contribution in [3.8, 4) is 6.07 Å². The molecule has 0 N–H and O–H groups in total. The standard InChI is InChI=1S/C17H23BrN4O2/c1-11-6-14(10-22(11)16(23)24-17(2,3)4)21(5)15-12(8-19)7-13(18)9-20-15/h7,9,11,14H,6,10H2,1-5H3. The molecule has 0 bridgehead atoms. The van der Waals surface area contributed by atoms with Crippen LogP contribution in [0.4, 0.5) is 10.6 Å². The van der Waals surface area contributed by atoms with Gasteiger partial charge in [-0.15, -0.1) is 0 Å². The van der Waals surface area contributed by atoms with E-state index in [0.29, 0.717) is 17.9 Å². The summed E-state index contributed by atoms with van der Waals surface area (Å²) in [5.74, 6) is 0.629. The largest absolute Gasteiger partial charge is 0.444 e. The summed E-state index contributed by atoms with van der Waals surface area (Å²) in [5, 5.41) is 9.33. The highest BCUT2D eigenvalue weighted by molar-refractivity contribution is 9.10. The van der Waals surface area contributed by atoms with Crippen molar-refractivity contribution in [3.63, 3.8) is 0 Å². The number of likely N-dealkylation sites (N-methyl/N-ethyl adjacent to an activating group) is 1. The van der Waals surface area contributed by atoms with Crippen LogP contribution in [-0.4, -0.2) is 47.3 Å². The van der Waals surface area contributed by atoms with Crippen molar-refractivity contribution in [2.45, 2.75) is 51.8 Å². The number of carbonyl (C=O) groups is 1. The smallest absolute Gasteiger partial charge is 0.410 e. The Balaban J connectivity index is 2.15. The van der Waals surface area contributed by atoms with Crippen LogP contribution in [0.1, 0.15) is 39.7 Å². The zero-order valence-corrected chi connectivity index (χ0v) is 16.3. The molecule has 1 amide bonds. The molecule has 1 aliphatic rings. The summed E-state index contributed by atoms with van der Waals surface area (Å²) in [5.41, 5.74) is -0.00239. The van der Waals surface area contributed by atoms with Gasteiger partial charge in [0.25, 0.3) is 0 Å². The van der Waals surface area contributed by atoms with Crippen LogP contribution in [0.5, 0.6) is 0 Å². The topological polar surface area (TPSA) is 69.5 Å². The van der Waals surface area contributed by atoms with Crippen molar-refractivity contribution in [1.82, 2.24) is 9.88 Å². The van der Waals surface area contributed by atoms with Gasteiger partial charge in [-0.3, -0.25) is 0 Å². The third kappa shape index (κ3) is 4.18. The maximum absolute atomic E-state index is 12.4. The van der Waals surface area contributed by atoms with Crippen LogP contribution in [-0.2, 0) is 4.74 Å². The molecule has 1 aromatic heterocycles. The van der Waals surface area contributed by atoms with E-state index in [1.807, 2.05) is 39.6 Å². The normalized spacial score (nSPS) is 20.6. The third-order valence-corrected chi connectivity index (χ3v) is 4.45. The summed E-state index contributed by atoms with van der Waals surface area (Å²) in [6.07, 6.45) is 2.19. The van der Waals surface area contributed by atoms with Gasteiger partial charge in [-0.25, -0.2) is 9.78 Å². The molecule has 1 aromatic rings. The first-order valence-electron chi connectivity index (χ1n) is 7.90. The maximum atomic E-state index is 12.4. The number of nitriles is 1. The Morgan fingerprint density at radius 1 is 1.54 bits per heavy atom. The monoisotopic (exact) mass is 394 g/mol. The van der Waals surface area contributed by atoms with E-state index in [1.54, 1.807) is 17.2 Å². The number of ether oxygens (including phenoxy) is 1. The SMILES string of the molecule is CC1CC(N(C)c2ncc(Br)cc2C#N)CN1C(=O)OC(C)(C)C. The lowest BCUT2D eigenvalue weighted by atomic mass is 10.1. The van der Waals surface area contributed by atoms with E-state index in [9.17, 15) is 10.1 Å². The van der Waals surface area contributed by atoms with Crippen molar-refractivity contribution < 1.29 is 9.53 Å². The summed E-state index contributed by atoms with van der Waals surface area (Å²) in [6, 6.07) is 4.10. The van der Waals surface area contributed by atoms with Gasteiger partial charge in [-0.2, -0.15) is 5.26 Å². The van der Waals surface area contributed by atoms with E-state index in [0.717, 1.165) is 10.9 Å². The Labute approximate surface area is 151 Å². The molecule has 1 fully saturated rings. The molecular formula is C17H23BrN4O2. The summed E-state index contributed by atoms with van der Waals surface area (Å²) in [4.78, 5) is 20.4. The fourth-order valence-corrected chi connectivity index (χ4v) is 3.16. The van der Waals surface area contributed by atoms with Crippen molar-refractivity contribution in [2.75, 3.05) is 18.5 Å². The number of amides is 1. The second-order valence-electron chi connectivity index (χ2n) is 7.12. The second kappa shape index (κ2) is 6.98. The molecular weight excluding hydrogens is 372 g/mol. The molecule has 0 aromatic carbocycles. The van der Waals surface area contributed by atoms with Crippen molar-refractivity contribution in [2.24, 2.45) is 0 Å². The van der Waals surface area contributed by atoms with Crippen LogP contribution in [0.25, 0.3) is 0 Å². The fraction of sp³-hybridized carbons (Fsp3) is 0.588. The predicted molar refractivity (Wildman–Crippen MR) is 95.9 cm³/mol. The Hall–Kier alpha value is -1.81. The lowest BCUT2D eigenvalue weighted by Crippen LogP contribution is -2.41. The summed E-state index contributed by atoms with van der Waals surface area (Å²) < 4.78 is 6.25. The first kappa shape index (κ1) is 18.5. The molecule has 6 nitrogen and oxygen atoms in total. The molecule has 0 radical (unpaired) electrons. The Morgan fingerprint density at radius 3 is 2.79 bits per heavy atom. The molecule has 7 heteroatoms. The van der Waals surface area contributed by atoms with E-state index in [-0.39, 0.29) is 18.2 Å². The van der Waals surface area contributed by atoms with Crippen LogP contribution in [0.3, 0.4) is 0 Å². The van der Waals surface area contributed by atoms with Gasteiger partial charge in [0, 0.05) is 36.3 Å². The zero-order valence-electron chi connectivity index (χ0n) is 14.7. The van der Waals surface area contributed by atoms with Crippen LogP contribution in [0, 0.1) is 11.3 Å². The molecule has 2 heterocycles. The molecule has 2 unspecified atom stereocenters. The highest BCUT2D eigenvalue weighted by atomic mass is 79.9. The van der Waals surface area contributed by atoms with Crippen molar-refractivity contribution >= 4 is 27.8 Å². The molecule has 2 atom stereocenters. The molecule has 0 aliphatic carbocycles. The summed E-state index contributed by atoms with van der Waals surface area (Å²) in [7, 11) is 1.91. The molecule has 24 heavy (non-hydrogen) atoms. The fourth-order valence-electron chi connectivity index (χ4n) is 2.83. The number of hydrogen-bond donors (Lipinski definition) is 0. The lowest BCUT2D eigenvalue weighted by molar-refractivity contribution is 0.0237. The van der Waals surface area contributed by atoms with Gasteiger partial charge in [0.05, 0.1) is 5.56 Å². The van der Waals surface area contributed by atoms with E-state index in [4.69, 9.17) is 4.74 Å². The summed E-state index contributed by atoms with van der Waals surface area (Å²) in [6.45, 7) is 8.15. The van der Waals surface area contributed by atoms with E-state index in [2.05, 4.69) is 27.0 Å². The van der Waals surface area contributed by atoms with Gasteiger partial charge in [0.1, 0.15) is 17.5 Å². The maximum Gasteiger partial charge on any atom is 0.410 e. The number of aromatic nitrogens is 1. The summed E-state index contributed by atoms with van der Waals surface area (Å²) >= 11 is 3.33. The number of halogens is 1. The van der Waals surface area contributed by atoms with E-state index in [1.165, 1.54) is 0 Å². The van der Waals surface area contributed by atoms with Crippen molar-refractivity contribution in [3.05, 3.63) is 22.3 Å². The predicted octanol–water partition coefficient (Wildman–Crippen LogP) is 3.55. The first-order valence-corrected chi connectivity index (χ1v) is 8.69. The third-order valence-electron chi connectivity index (χ3n) is 4.02. The number of hydrogen-bond acceptors (Lipinski definition) is 5. The molecule has 130 valence electrons. The number of nitrogens with zero attached hydrogens (tertiary/aromatic N) is 4. The van der Waals surface area contributed by atoms with Crippen LogP contribution in [0.15, 0.2) is 16.7 Å². The molecule has 1 saturated heterocycles. The van der Waals surface area contributed by atoms with Gasteiger partial charge in [-0.05, 0) is 56.1 Å². The van der Waals surface area contributed by atoms with Gasteiger partial charge < -0.3 is 14.5 Å². The highest BCUT2D eigenvalue weighted by Crippen LogP contribution is 2.28. The molecule has 1 aliphatic heterocycles. The second-order valence-corrected chi connectivity index (χ2v) is 8.03. The zero-order chi connectivity index (χ0) is 18.1. The minimum atomic E-state index is -0.512. The lowest BCUT2D eigenvalue weighted by Gasteiger charge is -2.28. The van der Waals surface area contributed by atoms with Gasteiger partial charge in [0.2, 0.25) is 0 Å². The number of anilines is 1. The average Bonchev–Trinajstić information content (AvgIpc) is 2.86. The highest BCUT2D eigenvalue weighted by Gasteiger charge is 2.37. The first-order chi connectivity index (χ1) is 11.1. The van der Waals surface area contributed by atoms with Gasteiger partial charge in [0.15, 0.2) is 0 Å².